The van der Waals surface area contributed by atoms with E-state index in [1.807, 2.05) is 68.4 Å². The Morgan fingerprint density at radius 3 is 2.61 bits per heavy atom. The standard InChI is InChI=1S/C19H24N2O2/c1-15-8-7-11-18(14-15)23-13-12-20-19(22)21(3)16(2)17-9-5-4-6-10-17/h4-11,14,16H,12-13H2,1-3H3,(H,20,22). The SMILES string of the molecule is Cc1cccc(OCCNC(=O)N(C)C(C)c2ccccc2)c1. The first-order chi connectivity index (χ1) is 11.1. The van der Waals surface area contributed by atoms with Gasteiger partial charge < -0.3 is 15.0 Å². The number of hydrogen-bond donors (Lipinski definition) is 1. The summed E-state index contributed by atoms with van der Waals surface area (Å²) in [6, 6.07) is 17.8. The Hall–Kier alpha value is -2.49. The van der Waals surface area contributed by atoms with Crippen molar-refractivity contribution in [2.75, 3.05) is 20.2 Å². The minimum absolute atomic E-state index is 0.0221. The van der Waals surface area contributed by atoms with Crippen LogP contribution in [0.3, 0.4) is 0 Å². The number of amides is 2. The molecule has 122 valence electrons. The highest BCUT2D eigenvalue weighted by Crippen LogP contribution is 2.17. The second-order valence-electron chi connectivity index (χ2n) is 5.59. The zero-order valence-corrected chi connectivity index (χ0v) is 14.0. The normalized spacial score (nSPS) is 11.6. The van der Waals surface area contributed by atoms with Gasteiger partial charge in [-0.1, -0.05) is 42.5 Å². The highest BCUT2D eigenvalue weighted by molar-refractivity contribution is 5.74. The second kappa shape index (κ2) is 8.22. The molecule has 2 aromatic carbocycles. The van der Waals surface area contributed by atoms with Gasteiger partial charge in [0.1, 0.15) is 12.4 Å². The van der Waals surface area contributed by atoms with Gasteiger partial charge >= 0.3 is 6.03 Å². The van der Waals surface area contributed by atoms with E-state index >= 15 is 0 Å². The monoisotopic (exact) mass is 312 g/mol. The van der Waals surface area contributed by atoms with Crippen LogP contribution in [-0.2, 0) is 0 Å². The highest BCUT2D eigenvalue weighted by Gasteiger charge is 2.16. The van der Waals surface area contributed by atoms with Crippen molar-refractivity contribution in [2.45, 2.75) is 19.9 Å². The molecule has 1 N–H and O–H groups in total. The zero-order valence-electron chi connectivity index (χ0n) is 14.0. The van der Waals surface area contributed by atoms with Crippen molar-refractivity contribution in [3.05, 3.63) is 65.7 Å². The first kappa shape index (κ1) is 16.9. The van der Waals surface area contributed by atoms with Crippen LogP contribution in [0.25, 0.3) is 0 Å². The number of carbonyl (C=O) groups is 1. The van der Waals surface area contributed by atoms with Crippen LogP contribution in [0.15, 0.2) is 54.6 Å². The van der Waals surface area contributed by atoms with Crippen LogP contribution >= 0.6 is 0 Å². The summed E-state index contributed by atoms with van der Waals surface area (Å²) in [5.74, 6) is 0.824. The molecular formula is C19H24N2O2. The largest absolute Gasteiger partial charge is 0.492 e. The van der Waals surface area contributed by atoms with Crippen molar-refractivity contribution >= 4 is 6.03 Å². The summed E-state index contributed by atoms with van der Waals surface area (Å²) in [5.41, 5.74) is 2.27. The lowest BCUT2D eigenvalue weighted by Gasteiger charge is -2.25. The molecule has 0 bridgehead atoms. The van der Waals surface area contributed by atoms with Crippen LogP contribution in [0.5, 0.6) is 5.75 Å². The van der Waals surface area contributed by atoms with Gasteiger partial charge in [0, 0.05) is 7.05 Å². The van der Waals surface area contributed by atoms with Crippen molar-refractivity contribution in [1.82, 2.24) is 10.2 Å². The number of benzene rings is 2. The lowest BCUT2D eigenvalue weighted by Crippen LogP contribution is -2.40. The summed E-state index contributed by atoms with van der Waals surface area (Å²) < 4.78 is 5.63. The molecule has 0 saturated heterocycles. The quantitative estimate of drug-likeness (QED) is 0.825. The van der Waals surface area contributed by atoms with E-state index in [2.05, 4.69) is 5.32 Å². The van der Waals surface area contributed by atoms with Crippen LogP contribution in [0.1, 0.15) is 24.1 Å². The lowest BCUT2D eigenvalue weighted by atomic mass is 10.1. The molecular weight excluding hydrogens is 288 g/mol. The molecule has 4 nitrogen and oxygen atoms in total. The molecule has 0 aliphatic heterocycles. The summed E-state index contributed by atoms with van der Waals surface area (Å²) in [4.78, 5) is 13.9. The summed E-state index contributed by atoms with van der Waals surface area (Å²) in [6.07, 6.45) is 0. The Bertz CT molecular complexity index is 628. The Morgan fingerprint density at radius 2 is 1.91 bits per heavy atom. The molecule has 2 aromatic rings. The van der Waals surface area contributed by atoms with Crippen molar-refractivity contribution < 1.29 is 9.53 Å². The van der Waals surface area contributed by atoms with Gasteiger partial charge in [-0.15, -0.1) is 0 Å². The third-order valence-electron chi connectivity index (χ3n) is 3.82. The van der Waals surface area contributed by atoms with Crippen LogP contribution < -0.4 is 10.1 Å². The van der Waals surface area contributed by atoms with E-state index in [0.29, 0.717) is 13.2 Å². The summed E-state index contributed by atoms with van der Waals surface area (Å²) in [6.45, 7) is 4.95. The minimum atomic E-state index is -0.103. The number of nitrogens with zero attached hydrogens (tertiary/aromatic N) is 1. The van der Waals surface area contributed by atoms with Gasteiger partial charge in [-0.05, 0) is 37.1 Å². The topological polar surface area (TPSA) is 41.6 Å². The molecule has 23 heavy (non-hydrogen) atoms. The molecule has 4 heteroatoms. The number of aryl methyl sites for hydroxylation is 1. The number of rotatable bonds is 6. The van der Waals surface area contributed by atoms with Crippen LogP contribution in [0.2, 0.25) is 0 Å². The predicted molar refractivity (Wildman–Crippen MR) is 92.7 cm³/mol. The number of nitrogens with one attached hydrogen (secondary N) is 1. The Balaban J connectivity index is 1.76. The van der Waals surface area contributed by atoms with E-state index in [-0.39, 0.29) is 12.1 Å². The van der Waals surface area contributed by atoms with E-state index in [1.165, 1.54) is 0 Å². The molecule has 0 heterocycles. The molecule has 1 unspecified atom stereocenters. The van der Waals surface area contributed by atoms with Gasteiger partial charge in [-0.3, -0.25) is 0 Å². The molecule has 0 radical (unpaired) electrons. The van der Waals surface area contributed by atoms with Gasteiger partial charge in [0.25, 0.3) is 0 Å². The maximum atomic E-state index is 12.2. The average molecular weight is 312 g/mol. The third kappa shape index (κ3) is 5.02. The lowest BCUT2D eigenvalue weighted by molar-refractivity contribution is 0.191. The van der Waals surface area contributed by atoms with Gasteiger partial charge in [0.2, 0.25) is 0 Å². The van der Waals surface area contributed by atoms with E-state index in [4.69, 9.17) is 4.74 Å². The van der Waals surface area contributed by atoms with Gasteiger partial charge in [-0.25, -0.2) is 4.79 Å². The molecule has 2 amide bonds. The molecule has 0 aliphatic rings. The molecule has 1 atom stereocenters. The van der Waals surface area contributed by atoms with Crippen LogP contribution in [0.4, 0.5) is 4.79 Å². The number of hydrogen-bond acceptors (Lipinski definition) is 2. The van der Waals surface area contributed by atoms with Crippen LogP contribution in [0, 0.1) is 6.92 Å². The molecule has 0 aromatic heterocycles. The van der Waals surface area contributed by atoms with Gasteiger partial charge in [-0.2, -0.15) is 0 Å². The summed E-state index contributed by atoms with van der Waals surface area (Å²) in [5, 5.41) is 2.88. The van der Waals surface area contributed by atoms with E-state index in [9.17, 15) is 4.79 Å². The summed E-state index contributed by atoms with van der Waals surface area (Å²) in [7, 11) is 1.80. The number of ether oxygens (including phenoxy) is 1. The van der Waals surface area contributed by atoms with Crippen molar-refractivity contribution in [1.29, 1.82) is 0 Å². The fourth-order valence-corrected chi connectivity index (χ4v) is 2.29. The second-order valence-corrected chi connectivity index (χ2v) is 5.59. The van der Waals surface area contributed by atoms with Crippen molar-refractivity contribution in [3.63, 3.8) is 0 Å². The van der Waals surface area contributed by atoms with Gasteiger partial charge in [0.05, 0.1) is 12.6 Å². The zero-order chi connectivity index (χ0) is 16.7. The minimum Gasteiger partial charge on any atom is -0.492 e. The molecule has 0 spiro atoms. The first-order valence-corrected chi connectivity index (χ1v) is 7.83. The highest BCUT2D eigenvalue weighted by atomic mass is 16.5. The van der Waals surface area contributed by atoms with Crippen molar-refractivity contribution in [3.8, 4) is 5.75 Å². The van der Waals surface area contributed by atoms with Crippen molar-refractivity contribution in [2.24, 2.45) is 0 Å². The first-order valence-electron chi connectivity index (χ1n) is 7.83. The molecule has 0 saturated carbocycles. The smallest absolute Gasteiger partial charge is 0.317 e. The van der Waals surface area contributed by atoms with Gasteiger partial charge in [0.15, 0.2) is 0 Å². The third-order valence-corrected chi connectivity index (χ3v) is 3.82. The van der Waals surface area contributed by atoms with E-state index in [0.717, 1.165) is 16.9 Å². The van der Waals surface area contributed by atoms with Crippen LogP contribution in [-0.4, -0.2) is 31.1 Å². The van der Waals surface area contributed by atoms with E-state index < -0.39 is 0 Å². The molecule has 2 rings (SSSR count). The Morgan fingerprint density at radius 1 is 1.17 bits per heavy atom. The molecule has 0 fully saturated rings. The van der Waals surface area contributed by atoms with E-state index in [1.54, 1.807) is 11.9 Å². The predicted octanol–water partition coefficient (Wildman–Crippen LogP) is 3.78. The Kier molecular flexibility index (Phi) is 6.03. The fourth-order valence-electron chi connectivity index (χ4n) is 2.29. The number of urea groups is 1. The maximum Gasteiger partial charge on any atom is 0.317 e. The molecule has 0 aliphatic carbocycles. The summed E-state index contributed by atoms with van der Waals surface area (Å²) >= 11 is 0. The average Bonchev–Trinajstić information content (AvgIpc) is 2.58. The maximum absolute atomic E-state index is 12.2. The number of carbonyl (C=O) groups excluding carboxylic acids is 1. The fraction of sp³-hybridized carbons (Fsp3) is 0.316. The Labute approximate surface area is 138 Å².